The van der Waals surface area contributed by atoms with Crippen LogP contribution in [0.3, 0.4) is 0 Å². The topological polar surface area (TPSA) is 20.2 Å². The molecule has 0 radical (unpaired) electrons. The lowest BCUT2D eigenvalue weighted by Gasteiger charge is -2.05. The predicted molar refractivity (Wildman–Crippen MR) is 78.3 cm³/mol. The van der Waals surface area contributed by atoms with Crippen LogP contribution in [0, 0.1) is 0 Å². The summed E-state index contributed by atoms with van der Waals surface area (Å²) in [7, 11) is 0. The molecule has 3 aromatic rings. The molecular formula is C15H12OS2. The first-order valence-corrected chi connectivity index (χ1v) is 7.41. The van der Waals surface area contributed by atoms with E-state index >= 15 is 0 Å². The quantitative estimate of drug-likeness (QED) is 0.755. The summed E-state index contributed by atoms with van der Waals surface area (Å²) in [6, 6.07) is 16.4. The molecular weight excluding hydrogens is 260 g/mol. The molecule has 0 atom stereocenters. The average molecular weight is 272 g/mol. The minimum atomic E-state index is 0.0885. The summed E-state index contributed by atoms with van der Waals surface area (Å²) in [5, 5.41) is 12.8. The van der Waals surface area contributed by atoms with Gasteiger partial charge in [0.25, 0.3) is 0 Å². The highest BCUT2D eigenvalue weighted by molar-refractivity contribution is 7.99. The van der Waals surface area contributed by atoms with Gasteiger partial charge in [-0.2, -0.15) is 0 Å². The highest BCUT2D eigenvalue weighted by Gasteiger charge is 2.07. The summed E-state index contributed by atoms with van der Waals surface area (Å²) in [5.74, 6) is 0. The van der Waals surface area contributed by atoms with Gasteiger partial charge in [0, 0.05) is 25.3 Å². The molecule has 18 heavy (non-hydrogen) atoms. The summed E-state index contributed by atoms with van der Waals surface area (Å²) >= 11 is 3.49. The summed E-state index contributed by atoms with van der Waals surface area (Å²) < 4.78 is 1.31. The van der Waals surface area contributed by atoms with Gasteiger partial charge in [0.2, 0.25) is 0 Å². The highest BCUT2D eigenvalue weighted by atomic mass is 32.2. The third kappa shape index (κ3) is 2.17. The van der Waals surface area contributed by atoms with Crippen molar-refractivity contribution in [3.05, 3.63) is 59.5 Å². The SMILES string of the molecule is OCc1ccccc1Sc1csc2ccccc12. The van der Waals surface area contributed by atoms with Gasteiger partial charge in [0.05, 0.1) is 6.61 Å². The second kappa shape index (κ2) is 5.14. The Morgan fingerprint density at radius 2 is 1.72 bits per heavy atom. The fourth-order valence-electron chi connectivity index (χ4n) is 1.88. The molecule has 0 bridgehead atoms. The molecule has 0 amide bonds. The molecule has 0 aliphatic carbocycles. The zero-order chi connectivity index (χ0) is 12.4. The third-order valence-electron chi connectivity index (χ3n) is 2.81. The van der Waals surface area contributed by atoms with E-state index in [2.05, 4.69) is 35.7 Å². The van der Waals surface area contributed by atoms with Crippen molar-refractivity contribution < 1.29 is 5.11 Å². The number of aliphatic hydroxyl groups excluding tert-OH is 1. The Morgan fingerprint density at radius 3 is 2.61 bits per heavy atom. The second-order valence-corrected chi connectivity index (χ2v) is 5.96. The van der Waals surface area contributed by atoms with Gasteiger partial charge in [-0.25, -0.2) is 0 Å². The van der Waals surface area contributed by atoms with Crippen LogP contribution < -0.4 is 0 Å². The van der Waals surface area contributed by atoms with Gasteiger partial charge in [-0.15, -0.1) is 11.3 Å². The molecule has 2 aromatic carbocycles. The smallest absolute Gasteiger partial charge is 0.0692 e. The lowest BCUT2D eigenvalue weighted by Crippen LogP contribution is -1.85. The zero-order valence-corrected chi connectivity index (χ0v) is 11.3. The molecule has 3 rings (SSSR count). The van der Waals surface area contributed by atoms with E-state index in [-0.39, 0.29) is 6.61 Å². The van der Waals surface area contributed by atoms with Gasteiger partial charge in [0.1, 0.15) is 0 Å². The minimum Gasteiger partial charge on any atom is -0.392 e. The Balaban J connectivity index is 2.01. The van der Waals surface area contributed by atoms with Crippen LogP contribution in [-0.4, -0.2) is 5.11 Å². The number of benzene rings is 2. The number of hydrogen-bond acceptors (Lipinski definition) is 3. The molecule has 1 N–H and O–H groups in total. The molecule has 0 saturated heterocycles. The van der Waals surface area contributed by atoms with E-state index in [0.29, 0.717) is 0 Å². The predicted octanol–water partition coefficient (Wildman–Crippen LogP) is 4.54. The van der Waals surface area contributed by atoms with E-state index in [1.165, 1.54) is 15.0 Å². The molecule has 90 valence electrons. The fraction of sp³-hybridized carbons (Fsp3) is 0.0667. The van der Waals surface area contributed by atoms with Crippen molar-refractivity contribution in [3.8, 4) is 0 Å². The van der Waals surface area contributed by atoms with Gasteiger partial charge in [-0.3, -0.25) is 0 Å². The van der Waals surface area contributed by atoms with E-state index in [1.54, 1.807) is 23.1 Å². The average Bonchev–Trinajstić information content (AvgIpc) is 2.83. The number of rotatable bonds is 3. The second-order valence-electron chi connectivity index (χ2n) is 3.96. The molecule has 0 aliphatic heterocycles. The van der Waals surface area contributed by atoms with Crippen molar-refractivity contribution >= 4 is 33.2 Å². The normalized spacial score (nSPS) is 10.9. The van der Waals surface area contributed by atoms with Gasteiger partial charge in [-0.05, 0) is 17.7 Å². The van der Waals surface area contributed by atoms with E-state index in [9.17, 15) is 5.11 Å². The largest absolute Gasteiger partial charge is 0.392 e. The van der Waals surface area contributed by atoms with Crippen LogP contribution in [0.1, 0.15) is 5.56 Å². The number of hydrogen-bond donors (Lipinski definition) is 1. The first-order chi connectivity index (χ1) is 8.88. The van der Waals surface area contributed by atoms with Crippen molar-refractivity contribution in [1.29, 1.82) is 0 Å². The Labute approximate surface area is 114 Å². The molecule has 0 aliphatic rings. The molecule has 1 heterocycles. The van der Waals surface area contributed by atoms with Crippen molar-refractivity contribution in [3.63, 3.8) is 0 Å². The molecule has 0 fully saturated rings. The maximum Gasteiger partial charge on any atom is 0.0692 e. The van der Waals surface area contributed by atoms with Crippen LogP contribution >= 0.6 is 23.1 Å². The minimum absolute atomic E-state index is 0.0885. The Hall–Kier alpha value is -1.29. The number of fused-ring (bicyclic) bond motifs is 1. The monoisotopic (exact) mass is 272 g/mol. The summed E-state index contributed by atoms with van der Waals surface area (Å²) in [5.41, 5.74) is 0.984. The lowest BCUT2D eigenvalue weighted by atomic mass is 10.2. The van der Waals surface area contributed by atoms with E-state index < -0.39 is 0 Å². The van der Waals surface area contributed by atoms with E-state index in [0.717, 1.165) is 10.5 Å². The van der Waals surface area contributed by atoms with E-state index in [4.69, 9.17) is 0 Å². The van der Waals surface area contributed by atoms with E-state index in [1.807, 2.05) is 18.2 Å². The van der Waals surface area contributed by atoms with Gasteiger partial charge >= 0.3 is 0 Å². The zero-order valence-electron chi connectivity index (χ0n) is 9.67. The summed E-state index contributed by atoms with van der Waals surface area (Å²) in [6.07, 6.45) is 0. The summed E-state index contributed by atoms with van der Waals surface area (Å²) in [4.78, 5) is 2.39. The lowest BCUT2D eigenvalue weighted by molar-refractivity contribution is 0.279. The van der Waals surface area contributed by atoms with Crippen molar-refractivity contribution in [1.82, 2.24) is 0 Å². The Bertz CT molecular complexity index is 673. The van der Waals surface area contributed by atoms with Gasteiger partial charge < -0.3 is 5.11 Å². The standard InChI is InChI=1S/C15H12OS2/c16-9-11-5-1-3-7-13(11)18-15-10-17-14-8-4-2-6-12(14)15/h1-8,10,16H,9H2. The molecule has 0 unspecified atom stereocenters. The number of aliphatic hydroxyl groups is 1. The summed E-state index contributed by atoms with van der Waals surface area (Å²) in [6.45, 7) is 0.0885. The third-order valence-corrected chi connectivity index (χ3v) is 5.10. The first kappa shape index (κ1) is 11.8. The van der Waals surface area contributed by atoms with Gasteiger partial charge in [-0.1, -0.05) is 48.2 Å². The molecule has 0 spiro atoms. The van der Waals surface area contributed by atoms with Crippen LogP contribution in [0.5, 0.6) is 0 Å². The molecule has 1 nitrogen and oxygen atoms in total. The van der Waals surface area contributed by atoms with Crippen molar-refractivity contribution in [2.45, 2.75) is 16.4 Å². The van der Waals surface area contributed by atoms with Crippen LogP contribution in [-0.2, 0) is 6.61 Å². The Morgan fingerprint density at radius 1 is 0.944 bits per heavy atom. The molecule has 0 saturated carbocycles. The molecule has 1 aromatic heterocycles. The van der Waals surface area contributed by atoms with Crippen LogP contribution in [0.25, 0.3) is 10.1 Å². The number of thiophene rings is 1. The first-order valence-electron chi connectivity index (χ1n) is 5.71. The van der Waals surface area contributed by atoms with Crippen LogP contribution in [0.4, 0.5) is 0 Å². The van der Waals surface area contributed by atoms with Crippen LogP contribution in [0.15, 0.2) is 63.7 Å². The molecule has 3 heteroatoms. The van der Waals surface area contributed by atoms with Crippen molar-refractivity contribution in [2.75, 3.05) is 0 Å². The maximum atomic E-state index is 9.35. The van der Waals surface area contributed by atoms with Gasteiger partial charge in [0.15, 0.2) is 0 Å². The fourth-order valence-corrected chi connectivity index (χ4v) is 4.04. The van der Waals surface area contributed by atoms with Crippen LogP contribution in [0.2, 0.25) is 0 Å². The maximum absolute atomic E-state index is 9.35. The Kier molecular flexibility index (Phi) is 3.37. The highest BCUT2D eigenvalue weighted by Crippen LogP contribution is 2.38. The van der Waals surface area contributed by atoms with Crippen molar-refractivity contribution in [2.24, 2.45) is 0 Å².